The summed E-state index contributed by atoms with van der Waals surface area (Å²) in [5.74, 6) is 1.37. The van der Waals surface area contributed by atoms with Gasteiger partial charge in [0.2, 0.25) is 0 Å². The fourth-order valence-electron chi connectivity index (χ4n) is 3.96. The van der Waals surface area contributed by atoms with Crippen LogP contribution in [0.3, 0.4) is 0 Å². The van der Waals surface area contributed by atoms with E-state index in [2.05, 4.69) is 15.5 Å². The molecule has 0 radical (unpaired) electrons. The molecule has 1 N–H and O–H groups in total. The molecule has 2 aromatic carbocycles. The first-order valence-electron chi connectivity index (χ1n) is 11.2. The number of hydrogen-bond acceptors (Lipinski definition) is 7. The number of methoxy groups -OCH3 is 2. The number of carbonyl (C=O) groups is 2. The molecule has 8 heteroatoms. The molecule has 0 unspecified atom stereocenters. The quantitative estimate of drug-likeness (QED) is 0.517. The molecule has 34 heavy (non-hydrogen) atoms. The zero-order valence-corrected chi connectivity index (χ0v) is 19.2. The summed E-state index contributed by atoms with van der Waals surface area (Å²) in [4.78, 5) is 24.2. The van der Waals surface area contributed by atoms with Crippen LogP contribution < -0.4 is 14.8 Å². The van der Waals surface area contributed by atoms with Crippen molar-refractivity contribution in [2.45, 2.75) is 31.8 Å². The van der Waals surface area contributed by atoms with E-state index in [1.54, 1.807) is 43.5 Å². The first kappa shape index (κ1) is 23.2. The topological polar surface area (TPSA) is 99.6 Å². The largest absolute Gasteiger partial charge is 0.497 e. The van der Waals surface area contributed by atoms with E-state index in [0.29, 0.717) is 22.8 Å². The number of ether oxygens (including phenoxy) is 3. The predicted molar refractivity (Wildman–Crippen MR) is 127 cm³/mol. The number of benzene rings is 2. The molecule has 1 aliphatic carbocycles. The number of nitrogens with one attached hydrogen (secondary N) is 1. The molecule has 4 rings (SSSR count). The lowest BCUT2D eigenvalue weighted by Gasteiger charge is -2.27. The van der Waals surface area contributed by atoms with Crippen LogP contribution in [0.15, 0.2) is 60.7 Å². The van der Waals surface area contributed by atoms with Gasteiger partial charge in [-0.1, -0.05) is 0 Å². The Morgan fingerprint density at radius 3 is 2.09 bits per heavy atom. The Balaban J connectivity index is 1.30. The Hall–Kier alpha value is -3.94. The highest BCUT2D eigenvalue weighted by atomic mass is 16.5. The average molecular weight is 462 g/mol. The predicted octanol–water partition coefficient (Wildman–Crippen LogP) is 4.52. The molecule has 1 fully saturated rings. The molecular formula is C26H27N3O5. The van der Waals surface area contributed by atoms with Gasteiger partial charge in [-0.25, -0.2) is 0 Å². The second kappa shape index (κ2) is 10.8. The maximum atomic E-state index is 12.6. The average Bonchev–Trinajstić information content (AvgIpc) is 2.89. The fourth-order valence-corrected chi connectivity index (χ4v) is 3.96. The summed E-state index contributed by atoms with van der Waals surface area (Å²) in [5.41, 5.74) is 2.09. The van der Waals surface area contributed by atoms with Crippen molar-refractivity contribution in [3.05, 3.63) is 66.2 Å². The highest BCUT2D eigenvalue weighted by molar-refractivity contribution is 6.03. The minimum Gasteiger partial charge on any atom is -0.497 e. The lowest BCUT2D eigenvalue weighted by Crippen LogP contribution is -2.28. The third-order valence-corrected chi connectivity index (χ3v) is 5.92. The van der Waals surface area contributed by atoms with Crippen LogP contribution in [-0.4, -0.2) is 42.4 Å². The Labute approximate surface area is 198 Å². The summed E-state index contributed by atoms with van der Waals surface area (Å²) >= 11 is 0. The van der Waals surface area contributed by atoms with Crippen LogP contribution in [0, 0.1) is 5.92 Å². The maximum Gasteiger partial charge on any atom is 0.308 e. The van der Waals surface area contributed by atoms with Gasteiger partial charge in [-0.05, 0) is 86.3 Å². The van der Waals surface area contributed by atoms with Gasteiger partial charge in [0.05, 0.1) is 31.9 Å². The minimum absolute atomic E-state index is 0.0377. The molecule has 3 aromatic rings. The van der Waals surface area contributed by atoms with E-state index in [1.165, 1.54) is 7.11 Å². The second-order valence-electron chi connectivity index (χ2n) is 8.13. The van der Waals surface area contributed by atoms with Gasteiger partial charge in [0, 0.05) is 11.1 Å². The van der Waals surface area contributed by atoms with Gasteiger partial charge in [0.1, 0.15) is 11.5 Å². The van der Waals surface area contributed by atoms with E-state index in [4.69, 9.17) is 14.2 Å². The van der Waals surface area contributed by atoms with Crippen molar-refractivity contribution < 1.29 is 23.8 Å². The maximum absolute atomic E-state index is 12.6. The Kier molecular flexibility index (Phi) is 7.37. The Bertz CT molecular complexity index is 1110. The summed E-state index contributed by atoms with van der Waals surface area (Å²) in [6.07, 6.45) is 3.17. The van der Waals surface area contributed by atoms with E-state index in [0.717, 1.165) is 37.0 Å². The summed E-state index contributed by atoms with van der Waals surface area (Å²) in [6, 6.07) is 18.0. The number of amides is 1. The third-order valence-electron chi connectivity index (χ3n) is 5.92. The van der Waals surface area contributed by atoms with Crippen LogP contribution in [0.2, 0.25) is 0 Å². The summed E-state index contributed by atoms with van der Waals surface area (Å²) < 4.78 is 16.0. The molecule has 0 saturated heterocycles. The summed E-state index contributed by atoms with van der Waals surface area (Å²) in [5, 5.41) is 11.1. The second-order valence-corrected chi connectivity index (χ2v) is 8.13. The highest BCUT2D eigenvalue weighted by Crippen LogP contribution is 2.28. The van der Waals surface area contributed by atoms with Gasteiger partial charge < -0.3 is 19.5 Å². The first-order valence-corrected chi connectivity index (χ1v) is 11.2. The van der Waals surface area contributed by atoms with Crippen LogP contribution in [0.5, 0.6) is 11.5 Å². The third kappa shape index (κ3) is 5.70. The summed E-state index contributed by atoms with van der Waals surface area (Å²) in [7, 11) is 3.04. The monoisotopic (exact) mass is 461 g/mol. The van der Waals surface area contributed by atoms with E-state index >= 15 is 0 Å². The molecule has 1 aromatic heterocycles. The number of esters is 1. The molecule has 1 saturated carbocycles. The van der Waals surface area contributed by atoms with Crippen molar-refractivity contribution >= 4 is 17.7 Å². The zero-order chi connectivity index (χ0) is 23.9. The van der Waals surface area contributed by atoms with Crippen LogP contribution in [0.4, 0.5) is 5.82 Å². The molecule has 0 atom stereocenters. The number of aromatic nitrogens is 2. The van der Waals surface area contributed by atoms with Gasteiger partial charge in [-0.2, -0.15) is 0 Å². The molecule has 0 bridgehead atoms. The van der Waals surface area contributed by atoms with Crippen molar-refractivity contribution in [1.29, 1.82) is 0 Å². The molecule has 1 heterocycles. The van der Waals surface area contributed by atoms with E-state index in [1.807, 2.05) is 24.3 Å². The zero-order valence-electron chi connectivity index (χ0n) is 19.2. The van der Waals surface area contributed by atoms with E-state index in [9.17, 15) is 9.59 Å². The lowest BCUT2D eigenvalue weighted by molar-refractivity contribution is -0.147. The van der Waals surface area contributed by atoms with Crippen LogP contribution in [0.1, 0.15) is 36.0 Å². The number of carbonyl (C=O) groups excluding carboxylic acids is 2. The molecule has 1 aliphatic rings. The van der Waals surface area contributed by atoms with Crippen LogP contribution in [0.25, 0.3) is 11.3 Å². The molecule has 176 valence electrons. The number of hydrogen-bond donors (Lipinski definition) is 1. The van der Waals surface area contributed by atoms with Crippen molar-refractivity contribution in [3.63, 3.8) is 0 Å². The minimum atomic E-state index is -0.281. The van der Waals surface area contributed by atoms with E-state index in [-0.39, 0.29) is 23.9 Å². The number of nitrogens with zero attached hydrogens (tertiary/aromatic N) is 2. The van der Waals surface area contributed by atoms with Crippen LogP contribution >= 0.6 is 0 Å². The SMILES string of the molecule is COc1ccc(-c2ccc(NC(=O)c3ccc(O[C@H]4CC[C@@H](C(=O)OC)CC4)cc3)nn2)cc1. The Morgan fingerprint density at radius 2 is 1.50 bits per heavy atom. The number of rotatable bonds is 7. The van der Waals surface area contributed by atoms with Crippen molar-refractivity contribution in [3.8, 4) is 22.8 Å². The van der Waals surface area contributed by atoms with Crippen molar-refractivity contribution in [1.82, 2.24) is 10.2 Å². The lowest BCUT2D eigenvalue weighted by atomic mass is 9.87. The highest BCUT2D eigenvalue weighted by Gasteiger charge is 2.27. The standard InChI is InChI=1S/C26H27N3O5/c1-32-20-9-3-17(4-10-20)23-15-16-24(29-28-23)27-25(30)18-5-11-21(12-6-18)34-22-13-7-19(8-14-22)26(31)33-2/h3-6,9-12,15-16,19,22H,7-8,13-14H2,1-2H3,(H,27,29,30)/t19-,22+. The molecule has 0 spiro atoms. The smallest absolute Gasteiger partial charge is 0.308 e. The van der Waals surface area contributed by atoms with Gasteiger partial charge in [-0.3, -0.25) is 9.59 Å². The van der Waals surface area contributed by atoms with Gasteiger partial charge >= 0.3 is 5.97 Å². The summed E-state index contributed by atoms with van der Waals surface area (Å²) in [6.45, 7) is 0. The van der Waals surface area contributed by atoms with Gasteiger partial charge in [0.15, 0.2) is 5.82 Å². The molecule has 1 amide bonds. The van der Waals surface area contributed by atoms with Crippen molar-refractivity contribution in [2.24, 2.45) is 5.92 Å². The Morgan fingerprint density at radius 1 is 0.824 bits per heavy atom. The van der Waals surface area contributed by atoms with Gasteiger partial charge in [0.25, 0.3) is 5.91 Å². The molecular weight excluding hydrogens is 434 g/mol. The van der Waals surface area contributed by atoms with Gasteiger partial charge in [-0.15, -0.1) is 10.2 Å². The first-order chi connectivity index (χ1) is 16.6. The molecule has 8 nitrogen and oxygen atoms in total. The molecule has 0 aliphatic heterocycles. The normalized spacial score (nSPS) is 17.5. The van der Waals surface area contributed by atoms with E-state index < -0.39 is 0 Å². The number of anilines is 1. The fraction of sp³-hybridized carbons (Fsp3) is 0.308. The van der Waals surface area contributed by atoms with Crippen LogP contribution in [-0.2, 0) is 9.53 Å². The van der Waals surface area contributed by atoms with Crippen molar-refractivity contribution in [2.75, 3.05) is 19.5 Å².